The second kappa shape index (κ2) is 4.81. The first-order valence-corrected chi connectivity index (χ1v) is 5.78. The topological polar surface area (TPSA) is 60.1 Å². The molecule has 0 aliphatic rings. The van der Waals surface area contributed by atoms with Crippen molar-refractivity contribution in [2.75, 3.05) is 5.32 Å². The summed E-state index contributed by atoms with van der Waals surface area (Å²) in [5, 5.41) is 6.89. The van der Waals surface area contributed by atoms with Gasteiger partial charge in [0.25, 0.3) is 5.91 Å². The monoisotopic (exact) mass is 253 g/mol. The minimum absolute atomic E-state index is 0.267. The zero-order valence-corrected chi connectivity index (χ0v) is 9.98. The minimum atomic E-state index is -0.267. The molecule has 0 atom stereocenters. The van der Waals surface area contributed by atoms with Gasteiger partial charge in [0.1, 0.15) is 0 Å². The lowest BCUT2D eigenvalue weighted by molar-refractivity contribution is 0.0996. The third-order valence-corrected chi connectivity index (χ3v) is 2.64. The van der Waals surface area contributed by atoms with Crippen LogP contribution in [-0.4, -0.2) is 15.7 Å². The lowest BCUT2D eigenvalue weighted by Gasteiger charge is -2.05. The highest BCUT2D eigenvalue weighted by Gasteiger charge is 2.08. The molecule has 0 saturated heterocycles. The predicted molar refractivity (Wildman–Crippen MR) is 70.2 cm³/mol. The highest BCUT2D eigenvalue weighted by atomic mass is 16.3. The van der Waals surface area contributed by atoms with E-state index in [0.717, 1.165) is 5.69 Å². The molecule has 0 fully saturated rings. The van der Waals surface area contributed by atoms with E-state index in [-0.39, 0.29) is 11.7 Å². The molecular formula is C14H11N3O2. The van der Waals surface area contributed by atoms with E-state index < -0.39 is 0 Å². The summed E-state index contributed by atoms with van der Waals surface area (Å²) in [5.74, 6) is 0.0213. The average molecular weight is 253 g/mol. The summed E-state index contributed by atoms with van der Waals surface area (Å²) in [5.41, 5.74) is 1.64. The van der Waals surface area contributed by atoms with E-state index in [1.54, 1.807) is 23.0 Å². The summed E-state index contributed by atoms with van der Waals surface area (Å²) in [6.45, 7) is 0. The number of rotatable bonds is 3. The molecule has 0 unspecified atom stereocenters. The van der Waals surface area contributed by atoms with Crippen LogP contribution in [0.2, 0.25) is 0 Å². The Morgan fingerprint density at radius 3 is 2.63 bits per heavy atom. The van der Waals surface area contributed by atoms with Gasteiger partial charge in [-0.25, -0.2) is 4.68 Å². The van der Waals surface area contributed by atoms with Gasteiger partial charge in [-0.3, -0.25) is 4.79 Å². The number of aromatic nitrogens is 2. The molecule has 0 bridgehead atoms. The zero-order chi connectivity index (χ0) is 13.1. The molecule has 1 N–H and O–H groups in total. The van der Waals surface area contributed by atoms with Crippen LogP contribution in [0, 0.1) is 0 Å². The molecule has 94 valence electrons. The van der Waals surface area contributed by atoms with Crippen LogP contribution in [0.3, 0.4) is 0 Å². The number of carbonyl (C=O) groups is 1. The van der Waals surface area contributed by atoms with Crippen LogP contribution in [-0.2, 0) is 0 Å². The molecule has 0 spiro atoms. The van der Waals surface area contributed by atoms with E-state index in [2.05, 4.69) is 10.4 Å². The van der Waals surface area contributed by atoms with E-state index >= 15 is 0 Å². The van der Waals surface area contributed by atoms with Crippen LogP contribution in [0.1, 0.15) is 10.6 Å². The summed E-state index contributed by atoms with van der Waals surface area (Å²) in [7, 11) is 0. The highest BCUT2D eigenvalue weighted by Crippen LogP contribution is 2.13. The Kier molecular flexibility index (Phi) is 2.86. The number of nitrogens with one attached hydrogen (secondary N) is 1. The third-order valence-electron chi connectivity index (χ3n) is 2.64. The summed E-state index contributed by atoms with van der Waals surface area (Å²) in [6, 6.07) is 12.5. The van der Waals surface area contributed by atoms with E-state index in [1.165, 1.54) is 6.26 Å². The molecule has 5 nitrogen and oxygen atoms in total. The minimum Gasteiger partial charge on any atom is -0.459 e. The van der Waals surface area contributed by atoms with Gasteiger partial charge in [-0.15, -0.1) is 0 Å². The first kappa shape index (κ1) is 11.3. The molecule has 19 heavy (non-hydrogen) atoms. The van der Waals surface area contributed by atoms with Crippen molar-refractivity contribution in [3.63, 3.8) is 0 Å². The SMILES string of the molecule is O=C(Nc1ccc(-n2cccn2)cc1)c1ccco1. The summed E-state index contributed by atoms with van der Waals surface area (Å²) >= 11 is 0. The van der Waals surface area contributed by atoms with Gasteiger partial charge in [0.05, 0.1) is 12.0 Å². The predicted octanol–water partition coefficient (Wildman–Crippen LogP) is 2.72. The highest BCUT2D eigenvalue weighted by molar-refractivity contribution is 6.02. The summed E-state index contributed by atoms with van der Waals surface area (Å²) in [6.07, 6.45) is 5.04. The maximum absolute atomic E-state index is 11.8. The van der Waals surface area contributed by atoms with Crippen LogP contribution in [0.4, 0.5) is 5.69 Å². The standard InChI is InChI=1S/C14H11N3O2/c18-14(13-3-1-10-19-13)16-11-4-6-12(7-5-11)17-9-2-8-15-17/h1-10H,(H,16,18). The van der Waals surface area contributed by atoms with E-state index in [4.69, 9.17) is 4.42 Å². The number of benzene rings is 1. The van der Waals surface area contributed by atoms with Gasteiger partial charge in [0, 0.05) is 18.1 Å². The van der Waals surface area contributed by atoms with Gasteiger partial charge >= 0.3 is 0 Å². The second-order valence-corrected chi connectivity index (χ2v) is 3.93. The fourth-order valence-corrected chi connectivity index (χ4v) is 1.72. The molecule has 0 aliphatic heterocycles. The Bertz CT molecular complexity index is 655. The lowest BCUT2D eigenvalue weighted by atomic mass is 10.2. The first-order chi connectivity index (χ1) is 9.33. The van der Waals surface area contributed by atoms with Gasteiger partial charge in [-0.2, -0.15) is 5.10 Å². The second-order valence-electron chi connectivity index (χ2n) is 3.93. The summed E-state index contributed by atoms with van der Waals surface area (Å²) < 4.78 is 6.77. The van der Waals surface area contributed by atoms with Crippen LogP contribution in [0.5, 0.6) is 0 Å². The molecule has 5 heteroatoms. The van der Waals surface area contributed by atoms with Gasteiger partial charge < -0.3 is 9.73 Å². The Hall–Kier alpha value is -2.82. The van der Waals surface area contributed by atoms with Gasteiger partial charge in [-0.1, -0.05) is 0 Å². The van der Waals surface area contributed by atoms with Crippen molar-refractivity contribution < 1.29 is 9.21 Å². The van der Waals surface area contributed by atoms with E-state index in [1.807, 2.05) is 36.5 Å². The largest absolute Gasteiger partial charge is 0.459 e. The Balaban J connectivity index is 1.75. The maximum atomic E-state index is 11.8. The average Bonchev–Trinajstić information content (AvgIpc) is 3.13. The maximum Gasteiger partial charge on any atom is 0.291 e. The quantitative estimate of drug-likeness (QED) is 0.780. The molecule has 1 amide bonds. The van der Waals surface area contributed by atoms with Crippen molar-refractivity contribution in [3.05, 3.63) is 66.9 Å². The fraction of sp³-hybridized carbons (Fsp3) is 0. The number of carbonyl (C=O) groups excluding carboxylic acids is 1. The zero-order valence-electron chi connectivity index (χ0n) is 9.98. The van der Waals surface area contributed by atoms with Gasteiger partial charge in [0.15, 0.2) is 5.76 Å². The summed E-state index contributed by atoms with van der Waals surface area (Å²) in [4.78, 5) is 11.8. The van der Waals surface area contributed by atoms with E-state index in [0.29, 0.717) is 5.69 Å². The molecule has 3 aromatic rings. The molecule has 1 aromatic carbocycles. The van der Waals surface area contributed by atoms with Crippen molar-refractivity contribution in [3.8, 4) is 5.69 Å². The Morgan fingerprint density at radius 1 is 1.16 bits per heavy atom. The van der Waals surface area contributed by atoms with Crippen LogP contribution in [0.15, 0.2) is 65.5 Å². The number of amides is 1. The van der Waals surface area contributed by atoms with Crippen LogP contribution in [0.25, 0.3) is 5.69 Å². The Morgan fingerprint density at radius 2 is 2.00 bits per heavy atom. The molecule has 0 radical (unpaired) electrons. The van der Waals surface area contributed by atoms with Crippen LogP contribution < -0.4 is 5.32 Å². The van der Waals surface area contributed by atoms with E-state index in [9.17, 15) is 4.79 Å². The number of furan rings is 1. The molecule has 0 saturated carbocycles. The Labute approximate surface area is 109 Å². The number of hydrogen-bond acceptors (Lipinski definition) is 3. The first-order valence-electron chi connectivity index (χ1n) is 5.78. The molecule has 0 aliphatic carbocycles. The van der Waals surface area contributed by atoms with Crippen molar-refractivity contribution in [2.24, 2.45) is 0 Å². The number of nitrogens with zero attached hydrogens (tertiary/aromatic N) is 2. The fourth-order valence-electron chi connectivity index (χ4n) is 1.72. The van der Waals surface area contributed by atoms with Crippen molar-refractivity contribution in [1.82, 2.24) is 9.78 Å². The normalized spacial score (nSPS) is 10.3. The van der Waals surface area contributed by atoms with Crippen molar-refractivity contribution >= 4 is 11.6 Å². The van der Waals surface area contributed by atoms with Crippen molar-refractivity contribution in [1.29, 1.82) is 0 Å². The lowest BCUT2D eigenvalue weighted by Crippen LogP contribution is -2.10. The van der Waals surface area contributed by atoms with Gasteiger partial charge in [0.2, 0.25) is 0 Å². The van der Waals surface area contributed by atoms with Crippen LogP contribution >= 0.6 is 0 Å². The number of hydrogen-bond donors (Lipinski definition) is 1. The molecule has 2 aromatic heterocycles. The third kappa shape index (κ3) is 2.40. The molecule has 2 heterocycles. The van der Waals surface area contributed by atoms with Crippen molar-refractivity contribution in [2.45, 2.75) is 0 Å². The smallest absolute Gasteiger partial charge is 0.291 e. The van der Waals surface area contributed by atoms with Gasteiger partial charge in [-0.05, 0) is 42.5 Å². The molecular weight excluding hydrogens is 242 g/mol. The molecule has 3 rings (SSSR count). The number of anilines is 1.